The van der Waals surface area contributed by atoms with Crippen LogP contribution in [0.15, 0.2) is 78.9 Å². The van der Waals surface area contributed by atoms with E-state index in [1.54, 1.807) is 48.5 Å². The largest absolute Gasteiger partial charge is 0.530 e. The van der Waals surface area contributed by atoms with Crippen molar-refractivity contribution in [3.63, 3.8) is 0 Å². The van der Waals surface area contributed by atoms with Crippen molar-refractivity contribution in [2.24, 2.45) is 0 Å². The van der Waals surface area contributed by atoms with E-state index in [-0.39, 0.29) is 0 Å². The van der Waals surface area contributed by atoms with Crippen LogP contribution in [-0.2, 0) is 0 Å². The zero-order valence-electron chi connectivity index (χ0n) is 12.8. The van der Waals surface area contributed by atoms with Gasteiger partial charge in [-0.1, -0.05) is 18.2 Å². The zero-order chi connectivity index (χ0) is 16.8. The number of rotatable bonds is 6. The molecule has 0 aliphatic heterocycles. The molecule has 0 aliphatic rings. The first-order chi connectivity index (χ1) is 11.7. The van der Waals surface area contributed by atoms with E-state index in [2.05, 4.69) is 0 Å². The molecule has 3 rings (SSSR count). The highest BCUT2D eigenvalue weighted by Crippen LogP contribution is 2.42. The fourth-order valence-corrected chi connectivity index (χ4v) is 2.85. The zero-order valence-corrected chi connectivity index (χ0v) is 13.7. The van der Waals surface area contributed by atoms with E-state index in [4.69, 9.17) is 25.0 Å². The molecule has 24 heavy (non-hydrogen) atoms. The van der Waals surface area contributed by atoms with Crippen molar-refractivity contribution in [3.05, 3.63) is 78.9 Å². The molecule has 0 radical (unpaired) electrons. The standard InChI is InChI=1S/C18H17N2O3P/c19-14-6-10-17(11-7-14)22-24(21-16-4-2-1-3-5-16)23-18-12-8-15(20)9-13-18/h1-13H,19-20H2. The summed E-state index contributed by atoms with van der Waals surface area (Å²) >= 11 is 0. The lowest BCUT2D eigenvalue weighted by Crippen LogP contribution is -2.02. The molecule has 5 nitrogen and oxygen atoms in total. The van der Waals surface area contributed by atoms with E-state index in [0.29, 0.717) is 28.6 Å². The summed E-state index contributed by atoms with van der Waals surface area (Å²) < 4.78 is 17.5. The van der Waals surface area contributed by atoms with Crippen LogP contribution in [0.5, 0.6) is 17.2 Å². The molecule has 0 atom stereocenters. The van der Waals surface area contributed by atoms with E-state index in [1.807, 2.05) is 30.3 Å². The fourth-order valence-electron chi connectivity index (χ4n) is 1.85. The van der Waals surface area contributed by atoms with Gasteiger partial charge in [0.25, 0.3) is 0 Å². The highest BCUT2D eigenvalue weighted by Gasteiger charge is 2.19. The van der Waals surface area contributed by atoms with Gasteiger partial charge in [-0.2, -0.15) is 0 Å². The number of hydrogen-bond donors (Lipinski definition) is 2. The second kappa shape index (κ2) is 7.57. The van der Waals surface area contributed by atoms with E-state index in [1.165, 1.54) is 0 Å². The average molecular weight is 340 g/mol. The first-order valence-corrected chi connectivity index (χ1v) is 8.39. The molecule has 0 heterocycles. The molecule has 0 saturated heterocycles. The molecule has 0 unspecified atom stereocenters. The number of hydrogen-bond acceptors (Lipinski definition) is 5. The third-order valence-electron chi connectivity index (χ3n) is 3.04. The molecule has 0 aromatic heterocycles. The highest BCUT2D eigenvalue weighted by molar-refractivity contribution is 7.43. The Morgan fingerprint density at radius 1 is 0.500 bits per heavy atom. The van der Waals surface area contributed by atoms with Crippen molar-refractivity contribution in [1.29, 1.82) is 0 Å². The van der Waals surface area contributed by atoms with Gasteiger partial charge >= 0.3 is 8.60 Å². The van der Waals surface area contributed by atoms with Crippen molar-refractivity contribution < 1.29 is 13.6 Å². The van der Waals surface area contributed by atoms with Gasteiger partial charge in [-0.3, -0.25) is 0 Å². The maximum absolute atomic E-state index is 5.84. The predicted molar refractivity (Wildman–Crippen MR) is 97.0 cm³/mol. The molecule has 4 N–H and O–H groups in total. The van der Waals surface area contributed by atoms with Crippen LogP contribution in [0.4, 0.5) is 11.4 Å². The fraction of sp³-hybridized carbons (Fsp3) is 0. The maximum Gasteiger partial charge on any atom is 0.530 e. The van der Waals surface area contributed by atoms with Gasteiger partial charge in [0.2, 0.25) is 0 Å². The van der Waals surface area contributed by atoms with Crippen LogP contribution in [0.1, 0.15) is 0 Å². The van der Waals surface area contributed by atoms with Gasteiger partial charge in [0.1, 0.15) is 17.2 Å². The number of benzene rings is 3. The minimum absolute atomic E-state index is 0.613. The van der Waals surface area contributed by atoms with E-state index >= 15 is 0 Å². The van der Waals surface area contributed by atoms with Gasteiger partial charge < -0.3 is 25.0 Å². The molecule has 122 valence electrons. The number of nitrogen functional groups attached to an aromatic ring is 2. The summed E-state index contributed by atoms with van der Waals surface area (Å²) in [7, 11) is -1.69. The van der Waals surface area contributed by atoms with Crippen LogP contribution < -0.4 is 25.0 Å². The molecule has 0 spiro atoms. The molecule has 0 fully saturated rings. The Morgan fingerprint density at radius 3 is 1.29 bits per heavy atom. The quantitative estimate of drug-likeness (QED) is 0.506. The normalized spacial score (nSPS) is 10.4. The molecule has 0 saturated carbocycles. The number of nitrogens with two attached hydrogens (primary N) is 2. The summed E-state index contributed by atoms with van der Waals surface area (Å²) in [5, 5.41) is 0. The van der Waals surface area contributed by atoms with Crippen molar-refractivity contribution in [2.75, 3.05) is 11.5 Å². The van der Waals surface area contributed by atoms with Gasteiger partial charge in [0.15, 0.2) is 0 Å². The Balaban J connectivity index is 1.76. The van der Waals surface area contributed by atoms with Gasteiger partial charge in [0.05, 0.1) is 0 Å². The van der Waals surface area contributed by atoms with E-state index in [9.17, 15) is 0 Å². The van der Waals surface area contributed by atoms with Crippen LogP contribution in [0, 0.1) is 0 Å². The molecule has 0 amide bonds. The molecule has 0 aliphatic carbocycles. The molecular weight excluding hydrogens is 323 g/mol. The molecule has 0 bridgehead atoms. The summed E-state index contributed by atoms with van der Waals surface area (Å²) in [5.41, 5.74) is 12.7. The number of anilines is 2. The Bertz CT molecular complexity index is 717. The minimum Gasteiger partial charge on any atom is -0.409 e. The lowest BCUT2D eigenvalue weighted by Gasteiger charge is -2.18. The minimum atomic E-state index is -1.69. The maximum atomic E-state index is 5.84. The Labute approximate surface area is 141 Å². The second-order valence-electron chi connectivity index (χ2n) is 4.95. The van der Waals surface area contributed by atoms with Crippen LogP contribution in [0.3, 0.4) is 0 Å². The molecule has 3 aromatic carbocycles. The van der Waals surface area contributed by atoms with E-state index in [0.717, 1.165) is 0 Å². The lowest BCUT2D eigenvalue weighted by molar-refractivity contribution is 0.388. The first-order valence-electron chi connectivity index (χ1n) is 7.29. The smallest absolute Gasteiger partial charge is 0.409 e. The second-order valence-corrected chi connectivity index (χ2v) is 5.94. The van der Waals surface area contributed by atoms with Crippen molar-refractivity contribution in [3.8, 4) is 17.2 Å². The third kappa shape index (κ3) is 4.54. The van der Waals surface area contributed by atoms with Crippen LogP contribution in [-0.4, -0.2) is 0 Å². The van der Waals surface area contributed by atoms with Crippen molar-refractivity contribution in [1.82, 2.24) is 0 Å². The van der Waals surface area contributed by atoms with Crippen molar-refractivity contribution in [2.45, 2.75) is 0 Å². The van der Waals surface area contributed by atoms with Gasteiger partial charge in [0, 0.05) is 11.4 Å². The van der Waals surface area contributed by atoms with E-state index < -0.39 is 8.60 Å². The average Bonchev–Trinajstić information content (AvgIpc) is 2.60. The first kappa shape index (κ1) is 16.0. The summed E-state index contributed by atoms with van der Waals surface area (Å²) in [6.45, 7) is 0. The van der Waals surface area contributed by atoms with Gasteiger partial charge in [-0.25, -0.2) is 0 Å². The molecule has 6 heteroatoms. The Morgan fingerprint density at radius 2 is 0.875 bits per heavy atom. The van der Waals surface area contributed by atoms with Gasteiger partial charge in [-0.05, 0) is 60.7 Å². The Hall–Kier alpha value is -2.91. The predicted octanol–water partition coefficient (Wildman–Crippen LogP) is 4.61. The lowest BCUT2D eigenvalue weighted by atomic mass is 10.3. The third-order valence-corrected chi connectivity index (χ3v) is 4.12. The van der Waals surface area contributed by atoms with Crippen molar-refractivity contribution >= 4 is 20.0 Å². The highest BCUT2D eigenvalue weighted by atomic mass is 31.2. The summed E-state index contributed by atoms with van der Waals surface area (Å²) in [4.78, 5) is 0. The van der Waals surface area contributed by atoms with Gasteiger partial charge in [-0.15, -0.1) is 0 Å². The van der Waals surface area contributed by atoms with Crippen LogP contribution >= 0.6 is 8.60 Å². The summed E-state index contributed by atoms with van der Waals surface area (Å²) in [6, 6.07) is 23.5. The van der Waals surface area contributed by atoms with Crippen LogP contribution in [0.25, 0.3) is 0 Å². The summed E-state index contributed by atoms with van der Waals surface area (Å²) in [6.07, 6.45) is 0. The monoisotopic (exact) mass is 340 g/mol. The topological polar surface area (TPSA) is 79.7 Å². The molecule has 3 aromatic rings. The summed E-state index contributed by atoms with van der Waals surface area (Å²) in [5.74, 6) is 1.89. The number of para-hydroxylation sites is 1. The molecular formula is C18H17N2O3P. The van der Waals surface area contributed by atoms with Crippen LogP contribution in [0.2, 0.25) is 0 Å². The Kier molecular flexibility index (Phi) is 5.04. The SMILES string of the molecule is Nc1ccc(OP(Oc2ccccc2)Oc2ccc(N)cc2)cc1.